The van der Waals surface area contributed by atoms with Gasteiger partial charge in [-0.3, -0.25) is 9.69 Å². The van der Waals surface area contributed by atoms with E-state index in [1.54, 1.807) is 22.7 Å². The number of nitrogens with zero attached hydrogens (tertiary/aromatic N) is 1. The zero-order valence-electron chi connectivity index (χ0n) is 15.0. The van der Waals surface area contributed by atoms with Crippen LogP contribution in [-0.2, 0) is 17.4 Å². The monoisotopic (exact) mass is 456 g/mol. The summed E-state index contributed by atoms with van der Waals surface area (Å²) in [5, 5.41) is 6.41. The Morgan fingerprint density at radius 3 is 2.76 bits per heavy atom. The number of thiophene rings is 2. The normalized spacial score (nSPS) is 17.2. The van der Waals surface area contributed by atoms with Crippen molar-refractivity contribution < 1.29 is 18.0 Å². The van der Waals surface area contributed by atoms with E-state index in [0.717, 1.165) is 17.4 Å². The standard InChI is InChI=1S/C20H16ClF3N2OS2/c21-12-3-4-15(14(10-12)20(22,23)24)25-18(27)11-26-7-5-16-13(6-9-29-16)19(26)17-2-1-8-28-17/h1-4,6,8-10,19H,5,7,11H2,(H,25,27). The second-order valence-corrected chi connectivity index (χ2v) is 9.09. The van der Waals surface area contributed by atoms with Crippen molar-refractivity contribution in [3.8, 4) is 0 Å². The van der Waals surface area contributed by atoms with Gasteiger partial charge in [0.15, 0.2) is 0 Å². The second-order valence-electron chi connectivity index (χ2n) is 6.67. The van der Waals surface area contributed by atoms with Gasteiger partial charge in [0.1, 0.15) is 0 Å². The summed E-state index contributed by atoms with van der Waals surface area (Å²) >= 11 is 9.01. The maximum absolute atomic E-state index is 13.3. The van der Waals surface area contributed by atoms with Crippen LogP contribution in [0.5, 0.6) is 0 Å². The quantitative estimate of drug-likeness (QED) is 0.517. The third kappa shape index (κ3) is 4.35. The summed E-state index contributed by atoms with van der Waals surface area (Å²) < 4.78 is 39.9. The zero-order chi connectivity index (χ0) is 20.6. The number of benzene rings is 1. The number of halogens is 4. The molecule has 1 amide bonds. The Balaban J connectivity index is 1.56. The Hall–Kier alpha value is -1.87. The number of amides is 1. The van der Waals surface area contributed by atoms with Gasteiger partial charge in [-0.1, -0.05) is 17.7 Å². The average Bonchev–Trinajstić information content (AvgIpc) is 3.33. The molecule has 1 atom stereocenters. The lowest BCUT2D eigenvalue weighted by Crippen LogP contribution is -2.40. The van der Waals surface area contributed by atoms with Crippen molar-refractivity contribution in [1.29, 1.82) is 0 Å². The zero-order valence-corrected chi connectivity index (χ0v) is 17.4. The number of carbonyl (C=O) groups excluding carboxylic acids is 1. The first-order valence-corrected chi connectivity index (χ1v) is 11.0. The molecule has 3 heterocycles. The molecule has 0 saturated heterocycles. The van der Waals surface area contributed by atoms with Gasteiger partial charge in [0.25, 0.3) is 0 Å². The Bertz CT molecular complexity index is 1020. The van der Waals surface area contributed by atoms with Crippen LogP contribution < -0.4 is 5.32 Å². The highest BCUT2D eigenvalue weighted by molar-refractivity contribution is 7.10. The molecular formula is C20H16ClF3N2OS2. The molecule has 2 aromatic heterocycles. The molecule has 1 aromatic carbocycles. The van der Waals surface area contributed by atoms with E-state index in [1.165, 1.54) is 22.6 Å². The Kier molecular flexibility index (Phi) is 5.70. The van der Waals surface area contributed by atoms with Gasteiger partial charge in [0, 0.05) is 21.3 Å². The van der Waals surface area contributed by atoms with Crippen molar-refractivity contribution in [3.05, 3.63) is 73.1 Å². The topological polar surface area (TPSA) is 32.3 Å². The van der Waals surface area contributed by atoms with E-state index in [4.69, 9.17) is 11.6 Å². The molecule has 29 heavy (non-hydrogen) atoms. The molecule has 4 rings (SSSR count). The van der Waals surface area contributed by atoms with Crippen LogP contribution in [0.3, 0.4) is 0 Å². The van der Waals surface area contributed by atoms with Crippen LogP contribution in [-0.4, -0.2) is 23.9 Å². The van der Waals surface area contributed by atoms with Crippen LogP contribution in [0.25, 0.3) is 0 Å². The number of carbonyl (C=O) groups is 1. The molecular weight excluding hydrogens is 441 g/mol. The van der Waals surface area contributed by atoms with Crippen LogP contribution in [0, 0.1) is 0 Å². The molecule has 1 unspecified atom stereocenters. The van der Waals surface area contributed by atoms with E-state index >= 15 is 0 Å². The summed E-state index contributed by atoms with van der Waals surface area (Å²) in [6.45, 7) is 0.661. The van der Waals surface area contributed by atoms with Gasteiger partial charge >= 0.3 is 6.18 Å². The van der Waals surface area contributed by atoms with Crippen molar-refractivity contribution in [2.75, 3.05) is 18.4 Å². The van der Waals surface area contributed by atoms with E-state index in [1.807, 2.05) is 27.8 Å². The van der Waals surface area contributed by atoms with Crippen molar-refractivity contribution in [2.24, 2.45) is 0 Å². The van der Waals surface area contributed by atoms with Crippen molar-refractivity contribution in [2.45, 2.75) is 18.6 Å². The molecule has 0 spiro atoms. The fourth-order valence-corrected chi connectivity index (χ4v) is 5.51. The third-order valence-electron chi connectivity index (χ3n) is 4.79. The van der Waals surface area contributed by atoms with E-state index in [0.29, 0.717) is 6.54 Å². The first-order valence-electron chi connectivity index (χ1n) is 8.83. The number of fused-ring (bicyclic) bond motifs is 1. The summed E-state index contributed by atoms with van der Waals surface area (Å²) in [4.78, 5) is 17.1. The number of alkyl halides is 3. The molecule has 0 fully saturated rings. The van der Waals surface area contributed by atoms with Gasteiger partial charge in [-0.2, -0.15) is 13.2 Å². The lowest BCUT2D eigenvalue weighted by Gasteiger charge is -2.35. The highest BCUT2D eigenvalue weighted by Gasteiger charge is 2.35. The molecule has 0 saturated carbocycles. The van der Waals surface area contributed by atoms with E-state index in [-0.39, 0.29) is 23.3 Å². The van der Waals surface area contributed by atoms with Gasteiger partial charge in [-0.15, -0.1) is 22.7 Å². The van der Waals surface area contributed by atoms with Crippen molar-refractivity contribution in [1.82, 2.24) is 4.90 Å². The fourth-order valence-electron chi connectivity index (χ4n) is 3.55. The number of nitrogens with one attached hydrogen (secondary N) is 1. The number of anilines is 1. The van der Waals surface area contributed by atoms with Crippen LogP contribution in [0.2, 0.25) is 5.02 Å². The fraction of sp³-hybridized carbons (Fsp3) is 0.250. The SMILES string of the molecule is O=C(CN1CCc2sccc2C1c1cccs1)Nc1ccc(Cl)cc1C(F)(F)F. The maximum atomic E-state index is 13.3. The largest absolute Gasteiger partial charge is 0.418 e. The molecule has 1 aliphatic heterocycles. The van der Waals surface area contributed by atoms with Crippen molar-refractivity contribution >= 4 is 45.9 Å². The summed E-state index contributed by atoms with van der Waals surface area (Å²) in [6.07, 6.45) is -3.79. The Morgan fingerprint density at radius 1 is 1.21 bits per heavy atom. The van der Waals surface area contributed by atoms with Gasteiger partial charge in [-0.25, -0.2) is 0 Å². The Labute approximate surface area is 178 Å². The molecule has 9 heteroatoms. The van der Waals surface area contributed by atoms with Gasteiger partial charge < -0.3 is 5.32 Å². The second kappa shape index (κ2) is 8.10. The van der Waals surface area contributed by atoms with Gasteiger partial charge in [0.2, 0.25) is 5.91 Å². The van der Waals surface area contributed by atoms with Crippen LogP contribution in [0.4, 0.5) is 18.9 Å². The van der Waals surface area contributed by atoms with Gasteiger partial charge in [0.05, 0.1) is 23.8 Å². The lowest BCUT2D eigenvalue weighted by molar-refractivity contribution is -0.137. The highest BCUT2D eigenvalue weighted by Crippen LogP contribution is 2.40. The number of rotatable bonds is 4. The summed E-state index contributed by atoms with van der Waals surface area (Å²) in [5.74, 6) is -0.488. The summed E-state index contributed by atoms with van der Waals surface area (Å²) in [6, 6.07) is 9.32. The molecule has 152 valence electrons. The maximum Gasteiger partial charge on any atom is 0.418 e. The van der Waals surface area contributed by atoms with Crippen LogP contribution >= 0.6 is 34.3 Å². The van der Waals surface area contributed by atoms with Gasteiger partial charge in [-0.05, 0) is 53.1 Å². The molecule has 3 aromatic rings. The number of hydrogen-bond acceptors (Lipinski definition) is 4. The van der Waals surface area contributed by atoms with Crippen LogP contribution in [0.15, 0.2) is 47.2 Å². The predicted molar refractivity (Wildman–Crippen MR) is 111 cm³/mol. The molecule has 1 N–H and O–H groups in total. The van der Waals surface area contributed by atoms with E-state index in [2.05, 4.69) is 11.4 Å². The average molecular weight is 457 g/mol. The molecule has 3 nitrogen and oxygen atoms in total. The Morgan fingerprint density at radius 2 is 2.03 bits per heavy atom. The first kappa shape index (κ1) is 20.4. The summed E-state index contributed by atoms with van der Waals surface area (Å²) in [7, 11) is 0. The third-order valence-corrected chi connectivity index (χ3v) is 6.94. The molecule has 1 aliphatic rings. The predicted octanol–water partition coefficient (Wildman–Crippen LogP) is 6.07. The van der Waals surface area contributed by atoms with Crippen molar-refractivity contribution in [3.63, 3.8) is 0 Å². The van der Waals surface area contributed by atoms with E-state index < -0.39 is 17.6 Å². The minimum Gasteiger partial charge on any atom is -0.324 e. The lowest BCUT2D eigenvalue weighted by atomic mass is 9.98. The first-order chi connectivity index (χ1) is 13.8. The number of hydrogen-bond donors (Lipinski definition) is 1. The molecule has 0 aliphatic carbocycles. The highest BCUT2D eigenvalue weighted by atomic mass is 35.5. The minimum absolute atomic E-state index is 0.00221. The smallest absolute Gasteiger partial charge is 0.324 e. The molecule has 0 bridgehead atoms. The molecule has 0 radical (unpaired) electrons. The minimum atomic E-state index is -4.61. The summed E-state index contributed by atoms with van der Waals surface area (Å²) in [5.41, 5.74) is -0.0706. The van der Waals surface area contributed by atoms with E-state index in [9.17, 15) is 18.0 Å². The van der Waals surface area contributed by atoms with Crippen LogP contribution in [0.1, 0.15) is 26.9 Å².